The quantitative estimate of drug-likeness (QED) is 0.267. The summed E-state index contributed by atoms with van der Waals surface area (Å²) in [6.45, 7) is 0.473. The lowest BCUT2D eigenvalue weighted by atomic mass is 10.2. The van der Waals surface area contributed by atoms with E-state index in [-0.39, 0.29) is 0 Å². The normalized spacial score (nSPS) is 10.7. The summed E-state index contributed by atoms with van der Waals surface area (Å²) in [5, 5.41) is 1.14. The van der Waals surface area contributed by atoms with Crippen LogP contribution in [0.5, 0.6) is 17.2 Å². The fraction of sp³-hybridized carbons (Fsp3) is 0.0870. The number of halogens is 1. The van der Waals surface area contributed by atoms with Gasteiger partial charge in [-0.1, -0.05) is 41.9 Å². The number of thiophene rings is 1. The van der Waals surface area contributed by atoms with Crippen LogP contribution in [0.25, 0.3) is 10.1 Å². The molecule has 0 saturated heterocycles. The number of hydrogen-bond acceptors (Lipinski definition) is 5. The average molecular weight is 425 g/mol. The summed E-state index contributed by atoms with van der Waals surface area (Å²) in [5.41, 5.74) is 1.08. The fourth-order valence-corrected chi connectivity index (χ4v) is 4.16. The van der Waals surface area contributed by atoms with Gasteiger partial charge in [-0.2, -0.15) is 0 Å². The molecule has 0 unspecified atom stereocenters. The molecule has 0 radical (unpaired) electrons. The Morgan fingerprint density at radius 1 is 0.931 bits per heavy atom. The Morgan fingerprint density at radius 3 is 2.34 bits per heavy atom. The van der Waals surface area contributed by atoms with Gasteiger partial charge in [-0.25, -0.2) is 4.79 Å². The van der Waals surface area contributed by atoms with Crippen molar-refractivity contribution < 1.29 is 19.0 Å². The first kappa shape index (κ1) is 19.3. The third-order valence-electron chi connectivity index (χ3n) is 4.30. The zero-order valence-electron chi connectivity index (χ0n) is 15.6. The molecule has 0 N–H and O–H groups in total. The van der Waals surface area contributed by atoms with Crippen molar-refractivity contribution in [2.75, 3.05) is 7.11 Å². The lowest BCUT2D eigenvalue weighted by Gasteiger charge is -2.07. The molecule has 4 nitrogen and oxygen atoms in total. The van der Waals surface area contributed by atoms with Gasteiger partial charge in [0.25, 0.3) is 0 Å². The average Bonchev–Trinajstić information content (AvgIpc) is 3.10. The molecule has 0 amide bonds. The van der Waals surface area contributed by atoms with Crippen molar-refractivity contribution in [2.45, 2.75) is 6.61 Å². The summed E-state index contributed by atoms with van der Waals surface area (Å²) < 4.78 is 17.3. The van der Waals surface area contributed by atoms with E-state index in [0.717, 1.165) is 15.6 Å². The van der Waals surface area contributed by atoms with Crippen LogP contribution in [-0.4, -0.2) is 13.1 Å². The van der Waals surface area contributed by atoms with E-state index in [0.29, 0.717) is 33.8 Å². The van der Waals surface area contributed by atoms with Crippen LogP contribution in [0.1, 0.15) is 15.2 Å². The number of benzene rings is 3. The van der Waals surface area contributed by atoms with Crippen LogP contribution in [0, 0.1) is 0 Å². The van der Waals surface area contributed by atoms with Crippen molar-refractivity contribution in [1.29, 1.82) is 0 Å². The van der Waals surface area contributed by atoms with Crippen LogP contribution in [0.2, 0.25) is 5.02 Å². The molecule has 4 rings (SSSR count). The number of esters is 1. The van der Waals surface area contributed by atoms with Gasteiger partial charge >= 0.3 is 5.97 Å². The number of fused-ring (bicyclic) bond motifs is 1. The molecule has 6 heteroatoms. The zero-order chi connectivity index (χ0) is 20.2. The number of methoxy groups -OCH3 is 1. The summed E-state index contributed by atoms with van der Waals surface area (Å²) in [7, 11) is 1.59. The van der Waals surface area contributed by atoms with Crippen LogP contribution in [0.4, 0.5) is 0 Å². The first-order chi connectivity index (χ1) is 14.1. The molecule has 0 saturated carbocycles. The molecule has 0 atom stereocenters. The Labute approximate surface area is 177 Å². The maximum atomic E-state index is 12.6. The number of ether oxygens (including phenoxy) is 3. The minimum Gasteiger partial charge on any atom is -0.497 e. The van der Waals surface area contributed by atoms with Crippen LogP contribution < -0.4 is 14.2 Å². The Kier molecular flexibility index (Phi) is 5.69. The molecule has 0 aliphatic carbocycles. The molecule has 0 bridgehead atoms. The highest BCUT2D eigenvalue weighted by Gasteiger charge is 2.19. The lowest BCUT2D eigenvalue weighted by Crippen LogP contribution is -2.06. The Hall–Kier alpha value is -3.02. The van der Waals surface area contributed by atoms with Crippen molar-refractivity contribution in [3.63, 3.8) is 0 Å². The van der Waals surface area contributed by atoms with E-state index in [9.17, 15) is 4.79 Å². The highest BCUT2D eigenvalue weighted by atomic mass is 35.5. The minimum atomic E-state index is -0.492. The fourth-order valence-electron chi connectivity index (χ4n) is 2.80. The molecule has 0 aliphatic heterocycles. The summed E-state index contributed by atoms with van der Waals surface area (Å²) in [6, 6.07) is 22.3. The van der Waals surface area contributed by atoms with Gasteiger partial charge < -0.3 is 14.2 Å². The molecule has 29 heavy (non-hydrogen) atoms. The first-order valence-corrected chi connectivity index (χ1v) is 10.1. The van der Waals surface area contributed by atoms with E-state index < -0.39 is 5.97 Å². The van der Waals surface area contributed by atoms with Gasteiger partial charge in [0, 0.05) is 10.1 Å². The predicted molar refractivity (Wildman–Crippen MR) is 116 cm³/mol. The van der Waals surface area contributed by atoms with Crippen molar-refractivity contribution in [2.24, 2.45) is 0 Å². The van der Waals surface area contributed by atoms with E-state index >= 15 is 0 Å². The Bertz CT molecular complexity index is 1140. The highest BCUT2D eigenvalue weighted by molar-refractivity contribution is 7.21. The molecule has 146 valence electrons. The standard InChI is InChI=1S/C23H17ClO4S/c1-26-18-11-12-20-19(13-18)21(24)22(29-20)23(25)28-17-9-7-16(8-10-17)27-14-15-5-3-2-4-6-15/h2-13H,14H2,1H3. The molecule has 4 aromatic rings. The third-order valence-corrected chi connectivity index (χ3v) is 5.96. The second-order valence-electron chi connectivity index (χ2n) is 6.24. The van der Waals surface area contributed by atoms with Crippen molar-refractivity contribution >= 4 is 39.0 Å². The molecule has 0 fully saturated rings. The zero-order valence-corrected chi connectivity index (χ0v) is 17.1. The number of carbonyl (C=O) groups excluding carboxylic acids is 1. The Balaban J connectivity index is 1.44. The molecule has 0 aliphatic rings. The van der Waals surface area contributed by atoms with Crippen molar-refractivity contribution in [1.82, 2.24) is 0 Å². The van der Waals surface area contributed by atoms with E-state index in [1.54, 1.807) is 31.4 Å². The van der Waals surface area contributed by atoms with Crippen LogP contribution in [0.3, 0.4) is 0 Å². The monoisotopic (exact) mass is 424 g/mol. The second kappa shape index (κ2) is 8.55. The number of hydrogen-bond donors (Lipinski definition) is 0. The topological polar surface area (TPSA) is 44.8 Å². The molecular weight excluding hydrogens is 408 g/mol. The molecule has 1 aromatic heterocycles. The molecular formula is C23H17ClO4S. The van der Waals surface area contributed by atoms with Crippen LogP contribution in [-0.2, 0) is 6.61 Å². The highest BCUT2D eigenvalue weighted by Crippen LogP contribution is 2.38. The van der Waals surface area contributed by atoms with E-state index in [1.807, 2.05) is 48.5 Å². The van der Waals surface area contributed by atoms with E-state index in [2.05, 4.69) is 0 Å². The van der Waals surface area contributed by atoms with Crippen molar-refractivity contribution in [3.8, 4) is 17.2 Å². The van der Waals surface area contributed by atoms with Gasteiger partial charge in [0.15, 0.2) is 0 Å². The van der Waals surface area contributed by atoms with Gasteiger partial charge in [-0.15, -0.1) is 11.3 Å². The van der Waals surface area contributed by atoms with Crippen molar-refractivity contribution in [3.05, 3.63) is 88.3 Å². The van der Waals surface area contributed by atoms with Gasteiger partial charge in [-0.05, 0) is 48.0 Å². The maximum absolute atomic E-state index is 12.6. The molecule has 1 heterocycles. The van der Waals surface area contributed by atoms with Gasteiger partial charge in [0.05, 0.1) is 12.1 Å². The van der Waals surface area contributed by atoms with Gasteiger partial charge in [-0.3, -0.25) is 0 Å². The SMILES string of the molecule is COc1ccc2sc(C(=O)Oc3ccc(OCc4ccccc4)cc3)c(Cl)c2c1. The summed E-state index contributed by atoms with van der Waals surface area (Å²) >= 11 is 7.70. The smallest absolute Gasteiger partial charge is 0.355 e. The van der Waals surface area contributed by atoms with Gasteiger partial charge in [0.1, 0.15) is 28.7 Å². The summed E-state index contributed by atoms with van der Waals surface area (Å²) in [4.78, 5) is 13.0. The number of rotatable bonds is 6. The van der Waals surface area contributed by atoms with Crippen LogP contribution >= 0.6 is 22.9 Å². The third kappa shape index (κ3) is 4.36. The lowest BCUT2D eigenvalue weighted by molar-refractivity contribution is 0.0740. The molecule has 0 spiro atoms. The summed E-state index contributed by atoms with van der Waals surface area (Å²) in [5.74, 6) is 1.31. The van der Waals surface area contributed by atoms with E-state index in [4.69, 9.17) is 25.8 Å². The minimum absolute atomic E-state index is 0.360. The second-order valence-corrected chi connectivity index (χ2v) is 7.67. The molecule has 3 aromatic carbocycles. The first-order valence-electron chi connectivity index (χ1n) is 8.89. The predicted octanol–water partition coefficient (Wildman–Crippen LogP) is 6.36. The largest absolute Gasteiger partial charge is 0.497 e. The summed E-state index contributed by atoms with van der Waals surface area (Å²) in [6.07, 6.45) is 0. The number of carbonyl (C=O) groups is 1. The van der Waals surface area contributed by atoms with Crippen LogP contribution in [0.15, 0.2) is 72.8 Å². The van der Waals surface area contributed by atoms with Gasteiger partial charge in [0.2, 0.25) is 0 Å². The maximum Gasteiger partial charge on any atom is 0.355 e. The van der Waals surface area contributed by atoms with E-state index in [1.165, 1.54) is 11.3 Å². The Morgan fingerprint density at radius 2 is 1.62 bits per heavy atom.